The van der Waals surface area contributed by atoms with Gasteiger partial charge < -0.3 is 9.47 Å². The summed E-state index contributed by atoms with van der Waals surface area (Å²) in [5.74, 6) is -1.41. The number of pyridine rings is 1. The highest BCUT2D eigenvalue weighted by Crippen LogP contribution is 2.29. The van der Waals surface area contributed by atoms with Crippen LogP contribution in [0.25, 0.3) is 5.57 Å². The molecule has 1 aromatic heterocycles. The van der Waals surface area contributed by atoms with Crippen LogP contribution < -0.4 is 0 Å². The number of esters is 2. The summed E-state index contributed by atoms with van der Waals surface area (Å²) >= 11 is 3.41. The van der Waals surface area contributed by atoms with E-state index < -0.39 is 11.9 Å². The summed E-state index contributed by atoms with van der Waals surface area (Å²) in [6, 6.07) is 11.1. The van der Waals surface area contributed by atoms with E-state index in [0.717, 1.165) is 11.1 Å². The largest absolute Gasteiger partial charge is 0.462 e. The van der Waals surface area contributed by atoms with E-state index in [1.807, 2.05) is 24.3 Å². The fourth-order valence-electron chi connectivity index (χ4n) is 2.43. The smallest absolute Gasteiger partial charge is 0.346 e. The highest BCUT2D eigenvalue weighted by atomic mass is 79.9. The first-order valence-corrected chi connectivity index (χ1v) is 9.38. The van der Waals surface area contributed by atoms with Gasteiger partial charge in [0, 0.05) is 23.3 Å². The van der Waals surface area contributed by atoms with Gasteiger partial charge in [-0.3, -0.25) is 4.98 Å². The lowest BCUT2D eigenvalue weighted by molar-refractivity contribution is -0.146. The van der Waals surface area contributed by atoms with Crippen LogP contribution in [0.3, 0.4) is 0 Å². The first-order chi connectivity index (χ1) is 12.6. The van der Waals surface area contributed by atoms with E-state index in [2.05, 4.69) is 20.9 Å². The van der Waals surface area contributed by atoms with Crippen molar-refractivity contribution in [2.75, 3.05) is 13.2 Å². The zero-order valence-electron chi connectivity index (χ0n) is 14.7. The number of carbonyl (C=O) groups excluding carboxylic acids is 2. The van der Waals surface area contributed by atoms with Crippen molar-refractivity contribution in [3.63, 3.8) is 0 Å². The van der Waals surface area contributed by atoms with Crippen molar-refractivity contribution in [3.8, 4) is 0 Å². The van der Waals surface area contributed by atoms with Crippen LogP contribution in [0, 0.1) is 0 Å². The molecule has 0 spiro atoms. The number of benzene rings is 1. The Morgan fingerprint density at radius 1 is 0.885 bits per heavy atom. The van der Waals surface area contributed by atoms with Gasteiger partial charge >= 0.3 is 11.9 Å². The van der Waals surface area contributed by atoms with E-state index in [4.69, 9.17) is 9.47 Å². The summed E-state index contributed by atoms with van der Waals surface area (Å²) in [5.41, 5.74) is 2.83. The summed E-state index contributed by atoms with van der Waals surface area (Å²) in [7, 11) is 0. The molecule has 0 amide bonds. The first kappa shape index (κ1) is 19.8. The van der Waals surface area contributed by atoms with Crippen LogP contribution in [-0.4, -0.2) is 30.1 Å². The Morgan fingerprint density at radius 3 is 1.85 bits per heavy atom. The fraction of sp³-hybridized carbons (Fsp3) is 0.250. The molecule has 136 valence electrons. The van der Waals surface area contributed by atoms with E-state index in [1.165, 1.54) is 0 Å². The van der Waals surface area contributed by atoms with Gasteiger partial charge in [0.15, 0.2) is 5.57 Å². The van der Waals surface area contributed by atoms with Gasteiger partial charge in [0.2, 0.25) is 0 Å². The van der Waals surface area contributed by atoms with Crippen molar-refractivity contribution < 1.29 is 19.1 Å². The van der Waals surface area contributed by atoms with E-state index >= 15 is 0 Å². The maximum Gasteiger partial charge on any atom is 0.346 e. The van der Waals surface area contributed by atoms with Crippen LogP contribution in [0.15, 0.2) is 54.4 Å². The quantitative estimate of drug-likeness (QED) is 0.224. The molecule has 0 aliphatic carbocycles. The zero-order valence-corrected chi connectivity index (χ0v) is 16.3. The molecule has 0 unspecified atom stereocenters. The monoisotopic (exact) mass is 417 g/mol. The Hall–Kier alpha value is -2.47. The van der Waals surface area contributed by atoms with Gasteiger partial charge in [-0.05, 0) is 42.7 Å². The molecule has 0 N–H and O–H groups in total. The molecule has 6 heteroatoms. The molecule has 0 bridgehead atoms. The molecular formula is C20H20BrNO4. The van der Waals surface area contributed by atoms with Gasteiger partial charge in [-0.25, -0.2) is 9.59 Å². The molecule has 0 saturated heterocycles. The molecule has 5 nitrogen and oxygen atoms in total. The van der Waals surface area contributed by atoms with Crippen LogP contribution in [0.1, 0.15) is 30.5 Å². The molecule has 1 heterocycles. The highest BCUT2D eigenvalue weighted by molar-refractivity contribution is 9.08. The lowest BCUT2D eigenvalue weighted by Gasteiger charge is -2.15. The van der Waals surface area contributed by atoms with Crippen LogP contribution in [0.5, 0.6) is 0 Å². The summed E-state index contributed by atoms with van der Waals surface area (Å²) in [6.07, 6.45) is 3.21. The molecule has 0 fully saturated rings. The van der Waals surface area contributed by atoms with Crippen LogP contribution >= 0.6 is 15.9 Å². The predicted octanol–water partition coefficient (Wildman–Crippen LogP) is 3.90. The third-order valence-electron chi connectivity index (χ3n) is 3.58. The topological polar surface area (TPSA) is 65.5 Å². The third kappa shape index (κ3) is 4.79. The molecule has 1 aromatic carbocycles. The van der Waals surface area contributed by atoms with Crippen molar-refractivity contribution in [3.05, 3.63) is 71.1 Å². The fourth-order valence-corrected chi connectivity index (χ4v) is 2.80. The summed E-state index contributed by atoms with van der Waals surface area (Å²) in [5, 5.41) is 0.712. The van der Waals surface area contributed by atoms with Gasteiger partial charge in [-0.1, -0.05) is 40.2 Å². The van der Waals surface area contributed by atoms with Gasteiger partial charge in [0.25, 0.3) is 0 Å². The number of hydrogen-bond donors (Lipinski definition) is 0. The predicted molar refractivity (Wildman–Crippen MR) is 103 cm³/mol. The minimum Gasteiger partial charge on any atom is -0.462 e. The molecule has 2 aromatic rings. The summed E-state index contributed by atoms with van der Waals surface area (Å²) in [4.78, 5) is 29.1. The number of nitrogens with zero attached hydrogens (tertiary/aromatic N) is 1. The Labute approximate surface area is 161 Å². The van der Waals surface area contributed by atoms with E-state index in [9.17, 15) is 9.59 Å². The maximum absolute atomic E-state index is 12.6. The van der Waals surface area contributed by atoms with Crippen molar-refractivity contribution in [1.29, 1.82) is 0 Å². The molecule has 0 saturated carbocycles. The van der Waals surface area contributed by atoms with Crippen molar-refractivity contribution in [1.82, 2.24) is 4.98 Å². The minimum atomic E-state index is -0.706. The van der Waals surface area contributed by atoms with Crippen LogP contribution in [0.4, 0.5) is 0 Å². The van der Waals surface area contributed by atoms with Crippen molar-refractivity contribution >= 4 is 33.4 Å². The molecular weight excluding hydrogens is 398 g/mol. The molecule has 0 atom stereocenters. The Kier molecular flexibility index (Phi) is 7.53. The maximum atomic E-state index is 12.6. The molecule has 0 aliphatic rings. The number of alkyl halides is 1. The van der Waals surface area contributed by atoms with E-state index in [1.54, 1.807) is 38.4 Å². The average Bonchev–Trinajstić information content (AvgIpc) is 2.67. The van der Waals surface area contributed by atoms with Gasteiger partial charge in [0.1, 0.15) is 0 Å². The highest BCUT2D eigenvalue weighted by Gasteiger charge is 2.27. The van der Waals surface area contributed by atoms with Gasteiger partial charge in [-0.2, -0.15) is 0 Å². The molecule has 26 heavy (non-hydrogen) atoms. The average molecular weight is 418 g/mol. The second kappa shape index (κ2) is 9.87. The molecule has 2 rings (SSSR count). The summed E-state index contributed by atoms with van der Waals surface area (Å²) in [6.45, 7) is 3.71. The van der Waals surface area contributed by atoms with Crippen molar-refractivity contribution in [2.45, 2.75) is 19.2 Å². The number of aromatic nitrogens is 1. The Morgan fingerprint density at radius 2 is 1.38 bits per heavy atom. The lowest BCUT2D eigenvalue weighted by Crippen LogP contribution is -2.20. The van der Waals surface area contributed by atoms with Crippen LogP contribution in [-0.2, 0) is 24.4 Å². The lowest BCUT2D eigenvalue weighted by atomic mass is 9.93. The van der Waals surface area contributed by atoms with Gasteiger partial charge in [0.05, 0.1) is 13.2 Å². The SMILES string of the molecule is CCOC(=O)C(C(=O)OCC)=C(c1ccncc1)c1ccc(CBr)cc1. The summed E-state index contributed by atoms with van der Waals surface area (Å²) < 4.78 is 10.2. The third-order valence-corrected chi connectivity index (χ3v) is 4.22. The molecule has 0 radical (unpaired) electrons. The van der Waals surface area contributed by atoms with E-state index in [0.29, 0.717) is 16.5 Å². The number of hydrogen-bond acceptors (Lipinski definition) is 5. The number of ether oxygens (including phenoxy) is 2. The Balaban J connectivity index is 2.72. The number of halogens is 1. The first-order valence-electron chi connectivity index (χ1n) is 8.26. The zero-order chi connectivity index (χ0) is 18.9. The Bertz CT molecular complexity index is 765. The standard InChI is InChI=1S/C20H20BrNO4/c1-3-25-19(23)18(20(24)26-4-2)17(16-9-11-22-12-10-16)15-7-5-14(13-21)6-8-15/h5-12H,3-4,13H2,1-2H3. The van der Waals surface area contributed by atoms with Gasteiger partial charge in [-0.15, -0.1) is 0 Å². The second-order valence-electron chi connectivity index (χ2n) is 5.26. The second-order valence-corrected chi connectivity index (χ2v) is 5.82. The van der Waals surface area contributed by atoms with Crippen LogP contribution in [0.2, 0.25) is 0 Å². The minimum absolute atomic E-state index is 0.119. The van der Waals surface area contributed by atoms with E-state index in [-0.39, 0.29) is 18.8 Å². The number of carbonyl (C=O) groups is 2. The molecule has 0 aliphatic heterocycles. The number of rotatable bonds is 7. The normalized spacial score (nSPS) is 10.1. The van der Waals surface area contributed by atoms with Crippen molar-refractivity contribution in [2.24, 2.45) is 0 Å².